The number of aryl methyl sites for hydroxylation is 1. The maximum absolute atomic E-state index is 12.4. The van der Waals surface area contributed by atoms with Crippen molar-refractivity contribution in [2.24, 2.45) is 0 Å². The molecule has 0 N–H and O–H groups in total. The molecule has 2 heterocycles. The number of hydrogen-bond donors (Lipinski definition) is 0. The van der Waals surface area contributed by atoms with Crippen LogP contribution in [0.3, 0.4) is 0 Å². The summed E-state index contributed by atoms with van der Waals surface area (Å²) in [6.45, 7) is 6.93. The fourth-order valence-electron chi connectivity index (χ4n) is 3.11. The number of carbonyl (C=O) groups is 2. The zero-order valence-corrected chi connectivity index (χ0v) is 14.0. The smallest absolute Gasteiger partial charge is 0.243 e. The van der Waals surface area contributed by atoms with Gasteiger partial charge in [-0.05, 0) is 36.1 Å². The van der Waals surface area contributed by atoms with Crippen molar-refractivity contribution in [1.29, 1.82) is 0 Å². The van der Waals surface area contributed by atoms with Gasteiger partial charge in [0.25, 0.3) is 0 Å². The molecule has 5 heteroatoms. The van der Waals surface area contributed by atoms with Crippen molar-refractivity contribution < 1.29 is 14.0 Å². The summed E-state index contributed by atoms with van der Waals surface area (Å²) >= 11 is 0. The van der Waals surface area contributed by atoms with Crippen LogP contribution in [-0.4, -0.2) is 41.9 Å². The van der Waals surface area contributed by atoms with Crippen LogP contribution in [0, 0.1) is 6.92 Å². The van der Waals surface area contributed by atoms with E-state index in [-0.39, 0.29) is 24.8 Å². The SMILES string of the molecule is Cc1cc2occ(CC(=O)N3CC(=O)N(C)C3)c2cc1C(C)C. The first-order valence-corrected chi connectivity index (χ1v) is 7.89. The van der Waals surface area contributed by atoms with Gasteiger partial charge in [-0.3, -0.25) is 9.59 Å². The lowest BCUT2D eigenvalue weighted by Crippen LogP contribution is -2.31. The van der Waals surface area contributed by atoms with Gasteiger partial charge in [0.1, 0.15) is 12.1 Å². The normalized spacial score (nSPS) is 15.3. The number of hydrogen-bond acceptors (Lipinski definition) is 3. The van der Waals surface area contributed by atoms with E-state index >= 15 is 0 Å². The molecule has 2 aromatic rings. The van der Waals surface area contributed by atoms with Crippen LogP contribution in [-0.2, 0) is 16.0 Å². The van der Waals surface area contributed by atoms with Gasteiger partial charge in [-0.1, -0.05) is 13.8 Å². The van der Waals surface area contributed by atoms with Crippen molar-refractivity contribution in [2.45, 2.75) is 33.1 Å². The van der Waals surface area contributed by atoms with Gasteiger partial charge >= 0.3 is 0 Å². The highest BCUT2D eigenvalue weighted by Gasteiger charge is 2.28. The molecule has 5 nitrogen and oxygen atoms in total. The zero-order valence-electron chi connectivity index (χ0n) is 14.0. The summed E-state index contributed by atoms with van der Waals surface area (Å²) < 4.78 is 5.62. The standard InChI is InChI=1S/C18H22N2O3/c1-11(2)14-7-15-13(9-23-16(15)5-12(14)3)6-17(21)20-8-18(22)19(4)10-20/h5,7,9,11H,6,8,10H2,1-4H3. The number of benzene rings is 1. The van der Waals surface area contributed by atoms with Crippen LogP contribution in [0.25, 0.3) is 11.0 Å². The molecular weight excluding hydrogens is 292 g/mol. The van der Waals surface area contributed by atoms with Crippen LogP contribution in [0.4, 0.5) is 0 Å². The minimum atomic E-state index is -0.0444. The van der Waals surface area contributed by atoms with E-state index in [9.17, 15) is 9.59 Å². The van der Waals surface area contributed by atoms with E-state index in [0.717, 1.165) is 16.5 Å². The first-order valence-electron chi connectivity index (χ1n) is 7.89. The monoisotopic (exact) mass is 314 g/mol. The second-order valence-corrected chi connectivity index (χ2v) is 6.62. The molecule has 1 aliphatic heterocycles. The Kier molecular flexibility index (Phi) is 3.88. The number of amides is 2. The molecule has 1 aromatic carbocycles. The van der Waals surface area contributed by atoms with Crippen LogP contribution < -0.4 is 0 Å². The maximum Gasteiger partial charge on any atom is 0.243 e. The van der Waals surface area contributed by atoms with Crippen LogP contribution in [0.5, 0.6) is 0 Å². The van der Waals surface area contributed by atoms with Gasteiger partial charge in [0.15, 0.2) is 0 Å². The van der Waals surface area contributed by atoms with Crippen molar-refractivity contribution in [3.8, 4) is 0 Å². The Morgan fingerprint density at radius 1 is 1.35 bits per heavy atom. The van der Waals surface area contributed by atoms with E-state index in [2.05, 4.69) is 26.8 Å². The topological polar surface area (TPSA) is 53.8 Å². The van der Waals surface area contributed by atoms with Crippen LogP contribution >= 0.6 is 0 Å². The predicted molar refractivity (Wildman–Crippen MR) is 88.1 cm³/mol. The average Bonchev–Trinajstić information content (AvgIpc) is 3.02. The summed E-state index contributed by atoms with van der Waals surface area (Å²) in [7, 11) is 1.71. The quantitative estimate of drug-likeness (QED) is 0.875. The van der Waals surface area contributed by atoms with Crippen molar-refractivity contribution >= 4 is 22.8 Å². The molecule has 1 aliphatic rings. The van der Waals surface area contributed by atoms with Crippen molar-refractivity contribution in [3.05, 3.63) is 35.1 Å². The molecule has 0 aliphatic carbocycles. The summed E-state index contributed by atoms with van der Waals surface area (Å²) in [5, 5.41) is 0.992. The van der Waals surface area contributed by atoms with E-state index < -0.39 is 0 Å². The van der Waals surface area contributed by atoms with Crippen LogP contribution in [0.2, 0.25) is 0 Å². The van der Waals surface area contributed by atoms with Gasteiger partial charge in [-0.2, -0.15) is 0 Å². The third-order valence-corrected chi connectivity index (χ3v) is 4.49. The second-order valence-electron chi connectivity index (χ2n) is 6.62. The fraction of sp³-hybridized carbons (Fsp3) is 0.444. The van der Waals surface area contributed by atoms with E-state index in [4.69, 9.17) is 4.42 Å². The Hall–Kier alpha value is -2.30. The van der Waals surface area contributed by atoms with Gasteiger partial charge in [0, 0.05) is 18.0 Å². The number of likely N-dealkylation sites (N-methyl/N-ethyl adjacent to an activating group) is 1. The minimum absolute atomic E-state index is 0.0203. The number of fused-ring (bicyclic) bond motifs is 1. The Balaban J connectivity index is 1.87. The number of carbonyl (C=O) groups excluding carboxylic acids is 2. The highest BCUT2D eigenvalue weighted by molar-refractivity contribution is 5.91. The third kappa shape index (κ3) is 2.83. The first kappa shape index (κ1) is 15.6. The highest BCUT2D eigenvalue weighted by atomic mass is 16.3. The van der Waals surface area contributed by atoms with Gasteiger partial charge < -0.3 is 14.2 Å². The zero-order chi connectivity index (χ0) is 16.7. The van der Waals surface area contributed by atoms with E-state index in [0.29, 0.717) is 12.6 Å². The lowest BCUT2D eigenvalue weighted by atomic mass is 9.95. The minimum Gasteiger partial charge on any atom is -0.464 e. The Bertz CT molecular complexity index is 776. The third-order valence-electron chi connectivity index (χ3n) is 4.49. The lowest BCUT2D eigenvalue weighted by molar-refractivity contribution is -0.131. The van der Waals surface area contributed by atoms with Crippen molar-refractivity contribution in [1.82, 2.24) is 9.80 Å². The molecule has 0 unspecified atom stereocenters. The van der Waals surface area contributed by atoms with Gasteiger partial charge in [-0.15, -0.1) is 0 Å². The molecule has 3 rings (SSSR count). The molecule has 0 bridgehead atoms. The Morgan fingerprint density at radius 3 is 2.70 bits per heavy atom. The average molecular weight is 314 g/mol. The van der Waals surface area contributed by atoms with Gasteiger partial charge in [0.05, 0.1) is 19.4 Å². The molecule has 1 aromatic heterocycles. The lowest BCUT2D eigenvalue weighted by Gasteiger charge is -2.14. The number of rotatable bonds is 3. The van der Waals surface area contributed by atoms with E-state index in [1.807, 2.05) is 6.07 Å². The molecule has 0 saturated carbocycles. The van der Waals surface area contributed by atoms with Crippen molar-refractivity contribution in [3.63, 3.8) is 0 Å². The predicted octanol–water partition coefficient (Wildman–Crippen LogP) is 2.67. The van der Waals surface area contributed by atoms with Crippen LogP contribution in [0.1, 0.15) is 36.5 Å². The summed E-state index contributed by atoms with van der Waals surface area (Å²) in [4.78, 5) is 27.2. The number of nitrogens with zero attached hydrogens (tertiary/aromatic N) is 2. The second kappa shape index (κ2) is 5.72. The Morgan fingerprint density at radius 2 is 2.09 bits per heavy atom. The fourth-order valence-corrected chi connectivity index (χ4v) is 3.11. The summed E-state index contributed by atoms with van der Waals surface area (Å²) in [6.07, 6.45) is 1.92. The summed E-state index contributed by atoms with van der Waals surface area (Å²) in [6, 6.07) is 4.16. The van der Waals surface area contributed by atoms with E-state index in [1.165, 1.54) is 11.1 Å². The molecule has 1 saturated heterocycles. The molecule has 0 radical (unpaired) electrons. The summed E-state index contributed by atoms with van der Waals surface area (Å²) in [5.74, 6) is 0.355. The van der Waals surface area contributed by atoms with Crippen LogP contribution in [0.15, 0.2) is 22.8 Å². The molecule has 0 spiro atoms. The molecule has 0 atom stereocenters. The largest absolute Gasteiger partial charge is 0.464 e. The maximum atomic E-state index is 12.4. The molecule has 23 heavy (non-hydrogen) atoms. The van der Waals surface area contributed by atoms with E-state index in [1.54, 1.807) is 23.1 Å². The first-order chi connectivity index (χ1) is 10.9. The Labute approximate surface area is 135 Å². The molecular formula is C18H22N2O3. The number of furan rings is 1. The molecule has 2 amide bonds. The summed E-state index contributed by atoms with van der Waals surface area (Å²) in [5.41, 5.74) is 4.16. The molecule has 122 valence electrons. The van der Waals surface area contributed by atoms with Gasteiger partial charge in [0.2, 0.25) is 11.8 Å². The van der Waals surface area contributed by atoms with Crippen molar-refractivity contribution in [2.75, 3.05) is 20.3 Å². The highest BCUT2D eigenvalue weighted by Crippen LogP contribution is 2.29. The van der Waals surface area contributed by atoms with Gasteiger partial charge in [-0.25, -0.2) is 0 Å². The molecule has 1 fully saturated rings.